The molecular weight excluding hydrogens is 562 g/mol. The van der Waals surface area contributed by atoms with Gasteiger partial charge in [-0.15, -0.1) is 0 Å². The lowest BCUT2D eigenvalue weighted by Gasteiger charge is -2.34. The van der Waals surface area contributed by atoms with Crippen LogP contribution in [0.3, 0.4) is 0 Å². The summed E-state index contributed by atoms with van der Waals surface area (Å²) in [5, 5.41) is 19.3. The number of amides is 1. The third kappa shape index (κ3) is 7.58. The van der Waals surface area contributed by atoms with E-state index in [9.17, 15) is 13.6 Å². The Morgan fingerprint density at radius 2 is 1.77 bits per heavy atom. The summed E-state index contributed by atoms with van der Waals surface area (Å²) in [5.41, 5.74) is 7.32. The number of aliphatic imine (C=N–C) groups is 1. The number of nitrogens with two attached hydrogens (primary N) is 1. The van der Waals surface area contributed by atoms with E-state index in [4.69, 9.17) is 25.3 Å². The predicted molar refractivity (Wildman–Crippen MR) is 158 cm³/mol. The van der Waals surface area contributed by atoms with Gasteiger partial charge in [-0.25, -0.2) is 13.8 Å². The number of halogens is 2. The molecule has 1 aromatic heterocycles. The second kappa shape index (κ2) is 13.8. The van der Waals surface area contributed by atoms with E-state index >= 15 is 0 Å². The average molecular weight is 599 g/mol. The molecule has 1 saturated heterocycles. The quantitative estimate of drug-likeness (QED) is 0.230. The number of carbonyl (C=O) groups is 1. The number of β-amino-alcohol motifs (C(OH)–C–C–N with tert-alkyl or cyclic N) is 1. The third-order valence-corrected chi connectivity index (χ3v) is 7.35. The number of aromatic nitrogens is 2. The summed E-state index contributed by atoms with van der Waals surface area (Å²) >= 11 is 0. The highest BCUT2D eigenvalue weighted by atomic mass is 19.1. The highest BCUT2D eigenvalue weighted by Crippen LogP contribution is 2.38. The third-order valence-electron chi connectivity index (χ3n) is 7.35. The molecule has 0 radical (unpaired) electrons. The number of methoxy groups -OCH3 is 1. The van der Waals surface area contributed by atoms with Gasteiger partial charge in [-0.3, -0.25) is 14.8 Å². The molecule has 14 heteroatoms. The molecule has 3 heterocycles. The first kappa shape index (κ1) is 30.2. The molecule has 1 amide bonds. The normalized spacial score (nSPS) is 16.7. The smallest absolute Gasteiger partial charge is 0.223 e. The molecule has 0 atom stereocenters. The molecular formula is C29H36F2N8O4. The van der Waals surface area contributed by atoms with Gasteiger partial charge in [0.2, 0.25) is 5.91 Å². The lowest BCUT2D eigenvalue weighted by atomic mass is 10.1. The minimum Gasteiger partial charge on any atom is -0.493 e. The fraction of sp³-hybridized carbons (Fsp3) is 0.414. The number of aromatic amines is 1. The monoisotopic (exact) mass is 598 g/mol. The molecule has 43 heavy (non-hydrogen) atoms. The first-order chi connectivity index (χ1) is 20.8. The van der Waals surface area contributed by atoms with Crippen LogP contribution in [0.2, 0.25) is 0 Å². The van der Waals surface area contributed by atoms with Crippen LogP contribution >= 0.6 is 0 Å². The molecule has 0 bridgehead atoms. The Balaban J connectivity index is 1.36. The zero-order valence-corrected chi connectivity index (χ0v) is 24.0. The molecule has 0 aliphatic carbocycles. The van der Waals surface area contributed by atoms with Gasteiger partial charge in [0.05, 0.1) is 44.8 Å². The second-order valence-corrected chi connectivity index (χ2v) is 10.4. The number of benzene rings is 2. The molecule has 12 nitrogen and oxygen atoms in total. The fourth-order valence-corrected chi connectivity index (χ4v) is 5.22. The summed E-state index contributed by atoms with van der Waals surface area (Å²) in [7, 11) is 1.54. The van der Waals surface area contributed by atoms with Crippen LogP contribution in [0.4, 0.5) is 26.0 Å². The number of anilines is 2. The molecule has 1 fully saturated rings. The molecule has 2 aromatic carbocycles. The fourth-order valence-electron chi connectivity index (χ4n) is 5.22. The molecule has 230 valence electrons. The molecule has 0 spiro atoms. The van der Waals surface area contributed by atoms with E-state index in [0.29, 0.717) is 47.4 Å². The number of aliphatic hydroxyl groups is 1. The molecule has 3 aromatic rings. The number of primary amides is 1. The maximum absolute atomic E-state index is 14.2. The first-order valence-corrected chi connectivity index (χ1v) is 14.1. The summed E-state index contributed by atoms with van der Waals surface area (Å²) in [5.74, 6) is -0.332. The van der Waals surface area contributed by atoms with Crippen molar-refractivity contribution in [2.45, 2.75) is 12.8 Å². The van der Waals surface area contributed by atoms with Crippen LogP contribution in [0.5, 0.6) is 11.5 Å². The lowest BCUT2D eigenvalue weighted by Crippen LogP contribution is -2.47. The standard InChI is InChI=1S/C29H36F2N8O4/c1-42-25-16-23-24(17-26(25)43-10-2-3-37-4-6-38(7-5-37)8-9-40)33-18-39(22-12-19(30)11-20(31)13-22)29(23)34-28-15-21(35-36-28)14-27(32)41/h11-13,15-17,33,40H,2-10,14,18H2,1H3,(H2,32,41)(H,35,36). The van der Waals surface area contributed by atoms with Gasteiger partial charge in [-0.05, 0) is 24.6 Å². The number of piperazine rings is 1. The van der Waals surface area contributed by atoms with Gasteiger partial charge in [0.25, 0.3) is 0 Å². The van der Waals surface area contributed by atoms with Crippen molar-refractivity contribution in [3.8, 4) is 11.5 Å². The van der Waals surface area contributed by atoms with Crippen molar-refractivity contribution in [2.75, 3.05) is 76.5 Å². The van der Waals surface area contributed by atoms with E-state index in [0.717, 1.165) is 45.2 Å². The van der Waals surface area contributed by atoms with Crippen LogP contribution in [-0.2, 0) is 11.2 Å². The van der Waals surface area contributed by atoms with Gasteiger partial charge in [-0.2, -0.15) is 5.10 Å². The summed E-state index contributed by atoms with van der Waals surface area (Å²) in [6, 6.07) is 8.41. The zero-order valence-electron chi connectivity index (χ0n) is 24.0. The van der Waals surface area contributed by atoms with Crippen LogP contribution in [0.1, 0.15) is 17.7 Å². The molecule has 5 rings (SSSR count). The van der Waals surface area contributed by atoms with E-state index in [1.165, 1.54) is 19.2 Å². The number of nitrogens with zero attached hydrogens (tertiary/aromatic N) is 5. The Morgan fingerprint density at radius 3 is 2.44 bits per heavy atom. The van der Waals surface area contributed by atoms with E-state index in [-0.39, 0.29) is 31.2 Å². The van der Waals surface area contributed by atoms with E-state index < -0.39 is 17.5 Å². The number of ether oxygens (including phenoxy) is 2. The maximum Gasteiger partial charge on any atom is 0.223 e. The van der Waals surface area contributed by atoms with Crippen LogP contribution in [0.25, 0.3) is 0 Å². The van der Waals surface area contributed by atoms with Crippen molar-refractivity contribution in [2.24, 2.45) is 10.7 Å². The van der Waals surface area contributed by atoms with Gasteiger partial charge >= 0.3 is 0 Å². The number of rotatable bonds is 12. The topological polar surface area (TPSA) is 145 Å². The largest absolute Gasteiger partial charge is 0.493 e. The minimum atomic E-state index is -0.725. The molecule has 2 aliphatic rings. The van der Waals surface area contributed by atoms with Crippen molar-refractivity contribution in [1.82, 2.24) is 20.0 Å². The number of hydrogen-bond acceptors (Lipinski definition) is 9. The zero-order chi connectivity index (χ0) is 30.3. The summed E-state index contributed by atoms with van der Waals surface area (Å²) in [4.78, 5) is 22.3. The first-order valence-electron chi connectivity index (χ1n) is 14.1. The highest BCUT2D eigenvalue weighted by Gasteiger charge is 2.27. The molecule has 2 aliphatic heterocycles. The van der Waals surface area contributed by atoms with Gasteiger partial charge < -0.3 is 35.4 Å². The Kier molecular flexibility index (Phi) is 9.69. The van der Waals surface area contributed by atoms with Crippen molar-refractivity contribution in [1.29, 1.82) is 0 Å². The number of H-pyrrole nitrogens is 1. The molecule has 0 saturated carbocycles. The number of nitrogens with one attached hydrogen (secondary N) is 2. The Morgan fingerprint density at radius 1 is 1.05 bits per heavy atom. The van der Waals surface area contributed by atoms with Crippen LogP contribution in [0, 0.1) is 11.6 Å². The number of aliphatic hydroxyl groups excluding tert-OH is 1. The predicted octanol–water partition coefficient (Wildman–Crippen LogP) is 2.07. The van der Waals surface area contributed by atoms with Gasteiger partial charge in [0.1, 0.15) is 17.5 Å². The van der Waals surface area contributed by atoms with Gasteiger partial charge in [0, 0.05) is 68.7 Å². The Bertz CT molecular complexity index is 1440. The van der Waals surface area contributed by atoms with Crippen molar-refractivity contribution >= 4 is 28.9 Å². The number of hydrogen-bond donors (Lipinski definition) is 4. The van der Waals surface area contributed by atoms with Crippen LogP contribution in [-0.4, -0.2) is 103 Å². The van der Waals surface area contributed by atoms with E-state index in [1.807, 2.05) is 6.07 Å². The lowest BCUT2D eigenvalue weighted by molar-refractivity contribution is -0.117. The number of fused-ring (bicyclic) bond motifs is 1. The summed E-state index contributed by atoms with van der Waals surface area (Å²) in [6.45, 7) is 6.24. The van der Waals surface area contributed by atoms with E-state index in [1.54, 1.807) is 17.0 Å². The van der Waals surface area contributed by atoms with E-state index in [2.05, 4.69) is 25.3 Å². The number of carbonyl (C=O) groups excluding carboxylic acids is 1. The summed E-state index contributed by atoms with van der Waals surface area (Å²) < 4.78 is 40.2. The van der Waals surface area contributed by atoms with Crippen molar-refractivity contribution < 1.29 is 28.2 Å². The minimum absolute atomic E-state index is 0.0384. The van der Waals surface area contributed by atoms with Crippen molar-refractivity contribution in [3.05, 3.63) is 59.3 Å². The Hall–Kier alpha value is -4.27. The van der Waals surface area contributed by atoms with Crippen LogP contribution in [0.15, 0.2) is 41.4 Å². The Labute approximate surface area is 248 Å². The van der Waals surface area contributed by atoms with Crippen LogP contribution < -0.4 is 25.4 Å². The van der Waals surface area contributed by atoms with Gasteiger partial charge in [0.15, 0.2) is 17.3 Å². The molecule has 5 N–H and O–H groups in total. The number of amidine groups is 1. The second-order valence-electron chi connectivity index (χ2n) is 10.4. The SMILES string of the molecule is COc1cc2c(cc1OCCCN1CCN(CCO)CC1)NCN(c1cc(F)cc(F)c1)C2=Nc1cc(CC(N)=O)[nH]n1. The maximum atomic E-state index is 14.2. The van der Waals surface area contributed by atoms with Crippen molar-refractivity contribution in [3.63, 3.8) is 0 Å². The molecule has 0 unspecified atom stereocenters. The summed E-state index contributed by atoms with van der Waals surface area (Å²) in [6.07, 6.45) is 0.787. The average Bonchev–Trinajstić information content (AvgIpc) is 3.41. The highest BCUT2D eigenvalue weighted by molar-refractivity contribution is 6.16. The van der Waals surface area contributed by atoms with Gasteiger partial charge in [-0.1, -0.05) is 0 Å².